The highest BCUT2D eigenvalue weighted by molar-refractivity contribution is 7.89. The molecule has 2 atom stereocenters. The summed E-state index contributed by atoms with van der Waals surface area (Å²) in [4.78, 5) is 2.04. The van der Waals surface area contributed by atoms with Gasteiger partial charge in [0, 0.05) is 12.2 Å². The Labute approximate surface area is 140 Å². The molecule has 1 heterocycles. The third kappa shape index (κ3) is 2.64. The molecule has 124 valence electrons. The van der Waals surface area contributed by atoms with Crippen LogP contribution in [0.3, 0.4) is 0 Å². The number of nitriles is 1. The summed E-state index contributed by atoms with van der Waals surface area (Å²) in [5.74, 6) is -0.911. The number of nitrogens with two attached hydrogens (primary N) is 1. The van der Waals surface area contributed by atoms with Crippen LogP contribution in [0.15, 0.2) is 47.4 Å². The number of hydrogen-bond acceptors (Lipinski definition) is 4. The lowest BCUT2D eigenvalue weighted by Crippen LogP contribution is -2.26. The molecule has 2 aromatic rings. The van der Waals surface area contributed by atoms with Gasteiger partial charge in [0.15, 0.2) is 0 Å². The normalized spacial score (nSPS) is 19.8. The Kier molecular flexibility index (Phi) is 4.03. The fraction of sp³-hybridized carbons (Fsp3) is 0.235. The van der Waals surface area contributed by atoms with Gasteiger partial charge in [-0.3, -0.25) is 0 Å². The first-order valence-electron chi connectivity index (χ1n) is 7.45. The second-order valence-corrected chi connectivity index (χ2v) is 7.22. The first-order chi connectivity index (χ1) is 11.4. The quantitative estimate of drug-likeness (QED) is 0.926. The number of halogens is 1. The van der Waals surface area contributed by atoms with Gasteiger partial charge in [-0.2, -0.15) is 5.26 Å². The van der Waals surface area contributed by atoms with Crippen LogP contribution in [-0.2, 0) is 10.0 Å². The summed E-state index contributed by atoms with van der Waals surface area (Å²) in [6.45, 7) is 2.59. The van der Waals surface area contributed by atoms with Crippen LogP contribution in [0.4, 0.5) is 10.1 Å². The fourth-order valence-electron chi connectivity index (χ4n) is 3.27. The van der Waals surface area contributed by atoms with Crippen molar-refractivity contribution in [3.05, 3.63) is 59.4 Å². The summed E-state index contributed by atoms with van der Waals surface area (Å²) in [6, 6.07) is 12.6. The highest BCUT2D eigenvalue weighted by atomic mass is 32.2. The van der Waals surface area contributed by atoms with Gasteiger partial charge in [-0.15, -0.1) is 0 Å². The predicted octanol–water partition coefficient (Wildman–Crippen LogP) is 2.66. The molecule has 0 saturated carbocycles. The number of fused-ring (bicyclic) bond motifs is 1. The van der Waals surface area contributed by atoms with E-state index in [1.165, 1.54) is 24.3 Å². The van der Waals surface area contributed by atoms with Gasteiger partial charge in [0.25, 0.3) is 0 Å². The molecule has 0 spiro atoms. The predicted molar refractivity (Wildman–Crippen MR) is 88.3 cm³/mol. The Balaban J connectivity index is 2.09. The number of hydrogen-bond donors (Lipinski definition) is 1. The molecule has 0 aliphatic carbocycles. The van der Waals surface area contributed by atoms with Gasteiger partial charge >= 0.3 is 0 Å². The van der Waals surface area contributed by atoms with Crippen molar-refractivity contribution in [2.45, 2.75) is 23.8 Å². The van der Waals surface area contributed by atoms with Gasteiger partial charge in [-0.1, -0.05) is 12.1 Å². The highest BCUT2D eigenvalue weighted by Gasteiger charge is 2.39. The first kappa shape index (κ1) is 16.4. The molecule has 0 saturated heterocycles. The summed E-state index contributed by atoms with van der Waals surface area (Å²) in [5, 5.41) is 14.7. The van der Waals surface area contributed by atoms with E-state index in [0.29, 0.717) is 12.1 Å². The topological polar surface area (TPSA) is 87.2 Å². The number of sulfonamides is 1. The van der Waals surface area contributed by atoms with Crippen molar-refractivity contribution in [3.8, 4) is 6.07 Å². The Bertz CT molecular complexity index is 920. The summed E-state index contributed by atoms with van der Waals surface area (Å²) < 4.78 is 36.4. The average Bonchev–Trinajstić information content (AvgIpc) is 2.86. The van der Waals surface area contributed by atoms with E-state index in [9.17, 15) is 18.1 Å². The van der Waals surface area contributed by atoms with Crippen molar-refractivity contribution in [2.24, 2.45) is 5.14 Å². The highest BCUT2D eigenvalue weighted by Crippen LogP contribution is 2.48. The van der Waals surface area contributed by atoms with E-state index in [1.54, 1.807) is 18.2 Å². The molecule has 0 amide bonds. The third-order valence-corrected chi connectivity index (χ3v) is 5.24. The fourth-order valence-corrected chi connectivity index (χ4v) is 3.79. The van der Waals surface area contributed by atoms with Crippen molar-refractivity contribution < 1.29 is 12.8 Å². The van der Waals surface area contributed by atoms with Crippen molar-refractivity contribution in [3.63, 3.8) is 0 Å². The van der Waals surface area contributed by atoms with Crippen LogP contribution in [-0.4, -0.2) is 15.0 Å². The van der Waals surface area contributed by atoms with Gasteiger partial charge in [-0.25, -0.2) is 17.9 Å². The standard InChI is InChI=1S/C17H16FN3O2S/c1-2-21-16-8-5-12(18)9-14(16)15(10-19)17(21)11-3-6-13(7-4-11)24(20,22)23/h3-9,15,17H,2H2,1H3,(H2,20,22,23). The lowest BCUT2D eigenvalue weighted by atomic mass is 9.91. The van der Waals surface area contributed by atoms with Crippen molar-refractivity contribution >= 4 is 15.7 Å². The van der Waals surface area contributed by atoms with Crippen LogP contribution in [0.2, 0.25) is 0 Å². The second-order valence-electron chi connectivity index (χ2n) is 5.65. The van der Waals surface area contributed by atoms with Crippen molar-refractivity contribution in [1.82, 2.24) is 0 Å². The van der Waals surface area contributed by atoms with Gasteiger partial charge < -0.3 is 4.90 Å². The second kappa shape index (κ2) is 5.89. The van der Waals surface area contributed by atoms with Crippen LogP contribution < -0.4 is 10.0 Å². The summed E-state index contributed by atoms with van der Waals surface area (Å²) in [6.07, 6.45) is 0. The van der Waals surface area contributed by atoms with Crippen LogP contribution in [0.25, 0.3) is 0 Å². The van der Waals surface area contributed by atoms with Crippen molar-refractivity contribution in [1.29, 1.82) is 5.26 Å². The first-order valence-corrected chi connectivity index (χ1v) is 9.00. The number of anilines is 1. The zero-order valence-electron chi connectivity index (χ0n) is 13.0. The summed E-state index contributed by atoms with van der Waals surface area (Å²) >= 11 is 0. The molecule has 5 nitrogen and oxygen atoms in total. The average molecular weight is 345 g/mol. The summed E-state index contributed by atoms with van der Waals surface area (Å²) in [7, 11) is -3.77. The molecular weight excluding hydrogens is 329 g/mol. The van der Waals surface area contributed by atoms with Gasteiger partial charge in [-0.05, 0) is 48.4 Å². The van der Waals surface area contributed by atoms with Gasteiger partial charge in [0.05, 0.1) is 22.9 Å². The maximum atomic E-state index is 13.6. The SMILES string of the molecule is CCN1c2ccc(F)cc2C(C#N)C1c1ccc(S(N)(=O)=O)cc1. The molecular formula is C17H16FN3O2S. The molecule has 0 radical (unpaired) electrons. The minimum atomic E-state index is -3.77. The Morgan fingerprint density at radius 1 is 1.25 bits per heavy atom. The van der Waals surface area contributed by atoms with Crippen LogP contribution in [0.5, 0.6) is 0 Å². The smallest absolute Gasteiger partial charge is 0.238 e. The van der Waals surface area contributed by atoms with Crippen molar-refractivity contribution in [2.75, 3.05) is 11.4 Å². The van der Waals surface area contributed by atoms with E-state index < -0.39 is 15.9 Å². The maximum absolute atomic E-state index is 13.6. The number of rotatable bonds is 3. The molecule has 7 heteroatoms. The number of primary sulfonamides is 1. The van der Waals surface area contributed by atoms with E-state index in [-0.39, 0.29) is 16.8 Å². The third-order valence-electron chi connectivity index (χ3n) is 4.32. The number of nitrogens with zero attached hydrogens (tertiary/aromatic N) is 2. The minimum absolute atomic E-state index is 0.0179. The van der Waals surface area contributed by atoms with E-state index in [4.69, 9.17) is 5.14 Å². The van der Waals surface area contributed by atoms with E-state index in [1.807, 2.05) is 11.8 Å². The zero-order chi connectivity index (χ0) is 17.5. The van der Waals surface area contributed by atoms with E-state index >= 15 is 0 Å². The molecule has 0 fully saturated rings. The molecule has 1 aliphatic heterocycles. The molecule has 24 heavy (non-hydrogen) atoms. The van der Waals surface area contributed by atoms with E-state index in [0.717, 1.165) is 11.3 Å². The molecule has 2 unspecified atom stereocenters. The lowest BCUT2D eigenvalue weighted by Gasteiger charge is -2.28. The van der Waals surface area contributed by atoms with E-state index in [2.05, 4.69) is 6.07 Å². The van der Waals surface area contributed by atoms with Gasteiger partial charge in [0.2, 0.25) is 10.0 Å². The molecule has 0 bridgehead atoms. The monoisotopic (exact) mass is 345 g/mol. The Hall–Kier alpha value is -2.43. The number of benzene rings is 2. The largest absolute Gasteiger partial charge is 0.363 e. The lowest BCUT2D eigenvalue weighted by molar-refractivity contribution is 0.597. The number of likely N-dealkylation sites (N-methyl/N-ethyl adjacent to an activating group) is 1. The molecule has 2 N–H and O–H groups in total. The maximum Gasteiger partial charge on any atom is 0.238 e. The molecule has 3 rings (SSSR count). The molecule has 0 aromatic heterocycles. The molecule has 1 aliphatic rings. The molecule has 2 aromatic carbocycles. The van der Waals surface area contributed by atoms with Gasteiger partial charge in [0.1, 0.15) is 5.82 Å². The van der Waals surface area contributed by atoms with Crippen LogP contribution >= 0.6 is 0 Å². The Morgan fingerprint density at radius 2 is 1.92 bits per heavy atom. The summed E-state index contributed by atoms with van der Waals surface area (Å²) in [5.41, 5.74) is 2.26. The zero-order valence-corrected chi connectivity index (χ0v) is 13.8. The minimum Gasteiger partial charge on any atom is -0.363 e. The van der Waals surface area contributed by atoms with Crippen LogP contribution in [0.1, 0.15) is 30.0 Å². The van der Waals surface area contributed by atoms with Crippen LogP contribution in [0, 0.1) is 17.1 Å². The Morgan fingerprint density at radius 3 is 2.46 bits per heavy atom.